The third kappa shape index (κ3) is 3.30. The van der Waals surface area contributed by atoms with Gasteiger partial charge in [-0.2, -0.15) is 0 Å². The Morgan fingerprint density at radius 2 is 1.57 bits per heavy atom. The zero-order valence-electron chi connectivity index (χ0n) is 15.7. The Morgan fingerprint density at radius 3 is 2.23 bits per heavy atom. The van der Waals surface area contributed by atoms with E-state index in [2.05, 4.69) is 0 Å². The number of ether oxygens (including phenoxy) is 1. The number of hydrogen-bond acceptors (Lipinski definition) is 6. The van der Waals surface area contributed by atoms with Crippen LogP contribution in [0.2, 0.25) is 0 Å². The van der Waals surface area contributed by atoms with Crippen molar-refractivity contribution in [3.05, 3.63) is 93.5 Å². The van der Waals surface area contributed by atoms with Crippen LogP contribution in [0.1, 0.15) is 38.0 Å². The van der Waals surface area contributed by atoms with Gasteiger partial charge in [-0.15, -0.1) is 0 Å². The number of benzene rings is 3. The van der Waals surface area contributed by atoms with Gasteiger partial charge in [0.25, 0.3) is 17.5 Å². The Balaban J connectivity index is 1.63. The Morgan fingerprint density at radius 1 is 0.900 bits per heavy atom. The van der Waals surface area contributed by atoms with Crippen molar-refractivity contribution in [1.29, 1.82) is 0 Å². The molecule has 0 unspecified atom stereocenters. The minimum absolute atomic E-state index is 0.0690. The lowest BCUT2D eigenvalue weighted by molar-refractivity contribution is -0.384. The van der Waals surface area contributed by atoms with Crippen LogP contribution in [0.4, 0.5) is 11.4 Å². The third-order valence-electron chi connectivity index (χ3n) is 4.65. The second kappa shape index (κ2) is 7.25. The van der Waals surface area contributed by atoms with E-state index in [4.69, 9.17) is 4.74 Å². The number of ketones is 1. The molecule has 0 aliphatic carbocycles. The molecular weight excluding hydrogens is 388 g/mol. The van der Waals surface area contributed by atoms with Crippen LogP contribution in [0.3, 0.4) is 0 Å². The van der Waals surface area contributed by atoms with Gasteiger partial charge in [-0.25, -0.2) is 4.90 Å². The van der Waals surface area contributed by atoms with Crippen molar-refractivity contribution in [3.63, 3.8) is 0 Å². The molecule has 0 fully saturated rings. The summed E-state index contributed by atoms with van der Waals surface area (Å²) >= 11 is 0. The van der Waals surface area contributed by atoms with Crippen molar-refractivity contribution < 1.29 is 24.0 Å². The van der Waals surface area contributed by atoms with Gasteiger partial charge < -0.3 is 4.74 Å². The van der Waals surface area contributed by atoms with Crippen LogP contribution >= 0.6 is 0 Å². The molecule has 3 aromatic carbocycles. The highest BCUT2D eigenvalue weighted by molar-refractivity contribution is 6.34. The van der Waals surface area contributed by atoms with Gasteiger partial charge in [0, 0.05) is 17.7 Å². The second-order valence-electron chi connectivity index (χ2n) is 6.61. The summed E-state index contributed by atoms with van der Waals surface area (Å²) in [6, 6.07) is 16.3. The Hall–Kier alpha value is -4.33. The molecule has 148 valence electrons. The first-order chi connectivity index (χ1) is 14.3. The summed E-state index contributed by atoms with van der Waals surface area (Å²) in [6.45, 7) is 1.41. The molecule has 3 aromatic rings. The van der Waals surface area contributed by atoms with Crippen LogP contribution in [-0.2, 0) is 0 Å². The summed E-state index contributed by atoms with van der Waals surface area (Å²) in [7, 11) is 0. The lowest BCUT2D eigenvalue weighted by Gasteiger charge is -2.14. The zero-order chi connectivity index (χ0) is 21.4. The van der Waals surface area contributed by atoms with Crippen LogP contribution < -0.4 is 9.64 Å². The number of carbonyl (C=O) groups is 3. The topological polar surface area (TPSA) is 107 Å². The van der Waals surface area contributed by atoms with E-state index in [1.165, 1.54) is 49.4 Å². The molecule has 2 amide bonds. The normalized spacial score (nSPS) is 12.6. The van der Waals surface area contributed by atoms with E-state index in [0.29, 0.717) is 22.7 Å². The molecule has 0 saturated carbocycles. The Labute approximate surface area is 170 Å². The molecular formula is C22H14N2O6. The van der Waals surface area contributed by atoms with Crippen LogP contribution in [0.15, 0.2) is 66.7 Å². The van der Waals surface area contributed by atoms with Gasteiger partial charge >= 0.3 is 0 Å². The quantitative estimate of drug-likeness (QED) is 0.271. The number of amides is 2. The molecule has 0 atom stereocenters. The van der Waals surface area contributed by atoms with Gasteiger partial charge in [-0.3, -0.25) is 24.5 Å². The maximum absolute atomic E-state index is 12.9. The fraction of sp³-hybridized carbons (Fsp3) is 0.0455. The number of hydrogen-bond donors (Lipinski definition) is 0. The molecule has 8 nitrogen and oxygen atoms in total. The molecule has 0 spiro atoms. The molecule has 1 aliphatic rings. The maximum Gasteiger partial charge on any atom is 0.269 e. The van der Waals surface area contributed by atoms with Crippen molar-refractivity contribution in [3.8, 4) is 11.5 Å². The van der Waals surface area contributed by atoms with Gasteiger partial charge in [0.1, 0.15) is 11.5 Å². The van der Waals surface area contributed by atoms with E-state index in [0.717, 1.165) is 4.90 Å². The number of non-ortho nitro benzene ring substituents is 1. The van der Waals surface area contributed by atoms with Crippen molar-refractivity contribution in [2.24, 2.45) is 0 Å². The molecule has 0 aromatic heterocycles. The number of nitrogens with zero attached hydrogens (tertiary/aromatic N) is 2. The number of rotatable bonds is 5. The smallest absolute Gasteiger partial charge is 0.269 e. The number of carbonyl (C=O) groups excluding carboxylic acids is 3. The van der Waals surface area contributed by atoms with E-state index >= 15 is 0 Å². The summed E-state index contributed by atoms with van der Waals surface area (Å²) in [4.78, 5) is 48.6. The highest BCUT2D eigenvalue weighted by Crippen LogP contribution is 2.33. The van der Waals surface area contributed by atoms with Crippen LogP contribution in [0.25, 0.3) is 0 Å². The summed E-state index contributed by atoms with van der Waals surface area (Å²) < 4.78 is 5.66. The van der Waals surface area contributed by atoms with E-state index in [1.54, 1.807) is 24.3 Å². The minimum Gasteiger partial charge on any atom is -0.457 e. The Bertz CT molecular complexity index is 1220. The summed E-state index contributed by atoms with van der Waals surface area (Å²) in [6.07, 6.45) is 0. The number of Topliss-reactive ketones (excluding diaryl/α,β-unsaturated/α-hetero) is 1. The fourth-order valence-corrected chi connectivity index (χ4v) is 3.15. The molecule has 0 bridgehead atoms. The molecule has 8 heteroatoms. The first-order valence-electron chi connectivity index (χ1n) is 8.91. The second-order valence-corrected chi connectivity index (χ2v) is 6.61. The number of nitro benzene ring substituents is 1. The number of nitro groups is 1. The van der Waals surface area contributed by atoms with Crippen LogP contribution in [-0.4, -0.2) is 22.5 Å². The van der Waals surface area contributed by atoms with Crippen molar-refractivity contribution in [2.75, 3.05) is 4.90 Å². The van der Waals surface area contributed by atoms with Gasteiger partial charge in [0.15, 0.2) is 5.78 Å². The van der Waals surface area contributed by atoms with Crippen LogP contribution in [0, 0.1) is 10.1 Å². The molecule has 4 rings (SSSR count). The van der Waals surface area contributed by atoms with E-state index in [-0.39, 0.29) is 22.6 Å². The van der Waals surface area contributed by atoms with Gasteiger partial charge in [-0.05, 0) is 49.4 Å². The van der Waals surface area contributed by atoms with Gasteiger partial charge in [-0.1, -0.05) is 12.1 Å². The van der Waals surface area contributed by atoms with E-state index < -0.39 is 16.7 Å². The lowest BCUT2D eigenvalue weighted by Crippen LogP contribution is -2.29. The third-order valence-corrected chi connectivity index (χ3v) is 4.65. The monoisotopic (exact) mass is 402 g/mol. The molecule has 0 radical (unpaired) electrons. The Kier molecular flexibility index (Phi) is 4.59. The lowest BCUT2D eigenvalue weighted by atomic mass is 10.1. The molecule has 0 saturated heterocycles. The SMILES string of the molecule is CC(=O)c1cccc(N2C(=O)c3ccc(Oc4ccc([N+](=O)[O-])cc4)cc3C2=O)c1. The first kappa shape index (κ1) is 19.0. The highest BCUT2D eigenvalue weighted by atomic mass is 16.6. The average Bonchev–Trinajstić information content (AvgIpc) is 2.98. The standard InChI is InChI=1S/C22H14N2O6/c1-13(25)14-3-2-4-16(11-14)23-21(26)19-10-9-18(12-20(19)22(23)27)30-17-7-5-15(6-8-17)24(28)29/h2-12H,1H3. The maximum atomic E-state index is 12.9. The van der Waals surface area contributed by atoms with E-state index in [1.807, 2.05) is 0 Å². The largest absolute Gasteiger partial charge is 0.457 e. The summed E-state index contributed by atoms with van der Waals surface area (Å²) in [5, 5.41) is 10.7. The number of fused-ring (bicyclic) bond motifs is 1. The summed E-state index contributed by atoms with van der Waals surface area (Å²) in [5.74, 6) is -0.527. The predicted octanol–water partition coefficient (Wildman–Crippen LogP) is 4.39. The molecule has 1 heterocycles. The van der Waals surface area contributed by atoms with Crippen molar-refractivity contribution in [1.82, 2.24) is 0 Å². The minimum atomic E-state index is -0.523. The van der Waals surface area contributed by atoms with Crippen LogP contribution in [0.5, 0.6) is 11.5 Å². The van der Waals surface area contributed by atoms with Gasteiger partial charge in [0.05, 0.1) is 21.7 Å². The number of anilines is 1. The van der Waals surface area contributed by atoms with Crippen molar-refractivity contribution in [2.45, 2.75) is 6.92 Å². The van der Waals surface area contributed by atoms with E-state index in [9.17, 15) is 24.5 Å². The molecule has 1 aliphatic heterocycles. The van der Waals surface area contributed by atoms with Crippen molar-refractivity contribution >= 4 is 29.0 Å². The van der Waals surface area contributed by atoms with Gasteiger partial charge in [0.2, 0.25) is 0 Å². The predicted molar refractivity (Wildman–Crippen MR) is 107 cm³/mol. The fourth-order valence-electron chi connectivity index (χ4n) is 3.15. The molecule has 30 heavy (non-hydrogen) atoms. The first-order valence-corrected chi connectivity index (χ1v) is 8.91. The average molecular weight is 402 g/mol. The zero-order valence-corrected chi connectivity index (χ0v) is 15.7. The highest BCUT2D eigenvalue weighted by Gasteiger charge is 2.37. The molecule has 0 N–H and O–H groups in total. The summed E-state index contributed by atoms with van der Waals surface area (Å²) in [5.41, 5.74) is 1.04. The number of imide groups is 1.